The molecule has 5 rings (SSSR count). The molecule has 0 spiro atoms. The van der Waals surface area contributed by atoms with E-state index in [2.05, 4.69) is 20.6 Å². The van der Waals surface area contributed by atoms with E-state index in [9.17, 15) is 13.9 Å². The molecule has 0 amide bonds. The number of nitrogens with zero attached hydrogens (tertiary/aromatic N) is 4. The number of hydrogen-bond acceptors (Lipinski definition) is 7. The summed E-state index contributed by atoms with van der Waals surface area (Å²) in [7, 11) is 0. The van der Waals surface area contributed by atoms with Gasteiger partial charge in [0.25, 0.3) is 0 Å². The first-order valence-electron chi connectivity index (χ1n) is 12.1. The van der Waals surface area contributed by atoms with E-state index in [0.29, 0.717) is 35.5 Å². The normalized spacial score (nSPS) is 25.4. The number of anilines is 3. The largest absolute Gasteiger partial charge is 0.393 e. The standard InChI is InChI=1S/C24H31F2N7O/c25-18-2-1-3-19(26)21(18)31-24-30-20-13-28-23(29-15-6-10-17(34)11-7-15)32-22(20)33(24)16-8-4-14(12-27)5-9-16/h1-3,13-17,34H,4-12,27H2,(H,30,31)(H,28,29,32)/t14?,15-,16?,17-. The van der Waals surface area contributed by atoms with Crippen molar-refractivity contribution in [1.82, 2.24) is 19.5 Å². The van der Waals surface area contributed by atoms with Crippen LogP contribution in [-0.4, -0.2) is 43.3 Å². The van der Waals surface area contributed by atoms with Crippen molar-refractivity contribution in [2.24, 2.45) is 11.7 Å². The van der Waals surface area contributed by atoms with Crippen LogP contribution in [0.25, 0.3) is 11.2 Å². The summed E-state index contributed by atoms with van der Waals surface area (Å²) in [5, 5.41) is 16.0. The van der Waals surface area contributed by atoms with Gasteiger partial charge in [0.05, 0.1) is 12.3 Å². The van der Waals surface area contributed by atoms with Crippen LogP contribution < -0.4 is 16.4 Å². The Kier molecular flexibility index (Phi) is 6.60. The minimum absolute atomic E-state index is 0.0812. The second-order valence-electron chi connectivity index (χ2n) is 9.49. The smallest absolute Gasteiger partial charge is 0.224 e. The zero-order valence-electron chi connectivity index (χ0n) is 19.1. The number of benzene rings is 1. The molecule has 10 heteroatoms. The summed E-state index contributed by atoms with van der Waals surface area (Å²) >= 11 is 0. The van der Waals surface area contributed by atoms with Crippen LogP contribution in [0.3, 0.4) is 0 Å². The number of para-hydroxylation sites is 1. The SMILES string of the molecule is NCC1CCC(n2c(Nc3c(F)cccc3F)nc3cnc(N[C@H]4CC[C@H](O)CC4)nc32)CC1. The second kappa shape index (κ2) is 9.79. The van der Waals surface area contributed by atoms with Gasteiger partial charge in [0.1, 0.15) is 22.8 Å². The van der Waals surface area contributed by atoms with Gasteiger partial charge in [0.2, 0.25) is 11.9 Å². The molecule has 2 aromatic heterocycles. The molecule has 0 unspecified atom stereocenters. The lowest BCUT2D eigenvalue weighted by Crippen LogP contribution is -2.29. The van der Waals surface area contributed by atoms with E-state index in [1.54, 1.807) is 6.20 Å². The fraction of sp³-hybridized carbons (Fsp3) is 0.542. The maximum absolute atomic E-state index is 14.4. The van der Waals surface area contributed by atoms with Gasteiger partial charge in [0, 0.05) is 12.1 Å². The van der Waals surface area contributed by atoms with Crippen molar-refractivity contribution in [2.45, 2.75) is 69.6 Å². The highest BCUT2D eigenvalue weighted by Crippen LogP contribution is 2.37. The molecule has 2 heterocycles. The van der Waals surface area contributed by atoms with E-state index < -0.39 is 11.6 Å². The van der Waals surface area contributed by atoms with Gasteiger partial charge in [-0.15, -0.1) is 0 Å². The van der Waals surface area contributed by atoms with Crippen LogP contribution >= 0.6 is 0 Å². The molecule has 5 N–H and O–H groups in total. The number of imidazole rings is 1. The summed E-state index contributed by atoms with van der Waals surface area (Å²) in [6.07, 6.45) is 8.35. The van der Waals surface area contributed by atoms with Gasteiger partial charge in [-0.3, -0.25) is 4.57 Å². The Morgan fingerprint density at radius 2 is 1.71 bits per heavy atom. The van der Waals surface area contributed by atoms with Gasteiger partial charge < -0.3 is 21.5 Å². The number of nitrogens with one attached hydrogen (secondary N) is 2. The summed E-state index contributed by atoms with van der Waals surface area (Å²) in [4.78, 5) is 13.8. The van der Waals surface area contributed by atoms with Gasteiger partial charge in [-0.2, -0.15) is 4.98 Å². The molecule has 3 aromatic rings. The maximum Gasteiger partial charge on any atom is 0.224 e. The van der Waals surface area contributed by atoms with Crippen LogP contribution in [0.5, 0.6) is 0 Å². The first-order chi connectivity index (χ1) is 16.5. The third kappa shape index (κ3) is 4.69. The lowest BCUT2D eigenvalue weighted by molar-refractivity contribution is 0.126. The number of nitrogens with two attached hydrogens (primary N) is 1. The van der Waals surface area contributed by atoms with Gasteiger partial charge in [0.15, 0.2) is 5.65 Å². The molecule has 0 radical (unpaired) electrons. The van der Waals surface area contributed by atoms with Crippen molar-refractivity contribution in [3.63, 3.8) is 0 Å². The topological polar surface area (TPSA) is 114 Å². The van der Waals surface area contributed by atoms with Crippen LogP contribution in [0.15, 0.2) is 24.4 Å². The molecule has 1 aromatic carbocycles. The van der Waals surface area contributed by atoms with E-state index >= 15 is 0 Å². The number of aromatic nitrogens is 4. The second-order valence-corrected chi connectivity index (χ2v) is 9.49. The zero-order chi connectivity index (χ0) is 23.7. The predicted octanol–water partition coefficient (Wildman–Crippen LogP) is 4.25. The molecule has 2 fully saturated rings. The highest BCUT2D eigenvalue weighted by molar-refractivity contribution is 5.76. The fourth-order valence-electron chi connectivity index (χ4n) is 5.17. The molecular formula is C24H31F2N7O. The van der Waals surface area contributed by atoms with Crippen molar-refractivity contribution >= 4 is 28.7 Å². The Morgan fingerprint density at radius 3 is 2.38 bits per heavy atom. The van der Waals surface area contributed by atoms with Crippen LogP contribution in [-0.2, 0) is 0 Å². The van der Waals surface area contributed by atoms with Gasteiger partial charge in [-0.1, -0.05) is 6.07 Å². The highest BCUT2D eigenvalue weighted by Gasteiger charge is 2.27. The summed E-state index contributed by atoms with van der Waals surface area (Å²) in [5.74, 6) is -0.0338. The van der Waals surface area contributed by atoms with E-state index in [4.69, 9.17) is 10.7 Å². The fourth-order valence-corrected chi connectivity index (χ4v) is 5.17. The minimum Gasteiger partial charge on any atom is -0.393 e. The zero-order valence-corrected chi connectivity index (χ0v) is 19.1. The Balaban J connectivity index is 1.50. The van der Waals surface area contributed by atoms with Gasteiger partial charge in [-0.05, 0) is 76.0 Å². The molecular weight excluding hydrogens is 440 g/mol. The summed E-state index contributed by atoms with van der Waals surface area (Å²) in [6.45, 7) is 0.662. The number of fused-ring (bicyclic) bond motifs is 1. The summed E-state index contributed by atoms with van der Waals surface area (Å²) < 4.78 is 30.8. The van der Waals surface area contributed by atoms with Gasteiger partial charge >= 0.3 is 0 Å². The van der Waals surface area contributed by atoms with E-state index in [1.165, 1.54) is 18.2 Å². The Hall–Kier alpha value is -2.85. The van der Waals surface area contributed by atoms with E-state index in [1.807, 2.05) is 4.57 Å². The minimum atomic E-state index is -0.682. The average molecular weight is 472 g/mol. The molecule has 0 bridgehead atoms. The summed E-state index contributed by atoms with van der Waals surface area (Å²) in [5.41, 5.74) is 6.84. The quantitative estimate of drug-likeness (QED) is 0.425. The third-order valence-electron chi connectivity index (χ3n) is 7.18. The Bertz CT molecular complexity index is 1120. The van der Waals surface area contributed by atoms with Crippen LogP contribution in [0.4, 0.5) is 26.4 Å². The monoisotopic (exact) mass is 471 g/mol. The molecule has 2 saturated carbocycles. The molecule has 2 aliphatic rings. The van der Waals surface area contributed by atoms with E-state index in [0.717, 1.165) is 51.4 Å². The third-order valence-corrected chi connectivity index (χ3v) is 7.18. The maximum atomic E-state index is 14.4. The van der Waals surface area contributed by atoms with Crippen molar-refractivity contribution in [1.29, 1.82) is 0 Å². The molecule has 0 atom stereocenters. The number of aliphatic hydroxyl groups excluding tert-OH is 1. The lowest BCUT2D eigenvalue weighted by Gasteiger charge is -2.30. The number of rotatable bonds is 6. The molecule has 34 heavy (non-hydrogen) atoms. The van der Waals surface area contributed by atoms with Crippen molar-refractivity contribution in [3.8, 4) is 0 Å². The number of aliphatic hydroxyl groups is 1. The Morgan fingerprint density at radius 1 is 1.00 bits per heavy atom. The predicted molar refractivity (Wildman–Crippen MR) is 127 cm³/mol. The Labute approximate surface area is 197 Å². The van der Waals surface area contributed by atoms with E-state index in [-0.39, 0.29) is 23.9 Å². The first-order valence-corrected chi connectivity index (χ1v) is 12.1. The van der Waals surface area contributed by atoms with Crippen LogP contribution in [0.2, 0.25) is 0 Å². The highest BCUT2D eigenvalue weighted by atomic mass is 19.1. The van der Waals surface area contributed by atoms with Crippen molar-refractivity contribution in [3.05, 3.63) is 36.0 Å². The lowest BCUT2D eigenvalue weighted by atomic mass is 9.86. The number of hydrogen-bond donors (Lipinski definition) is 4. The molecule has 2 aliphatic carbocycles. The first kappa shape index (κ1) is 22.9. The molecule has 182 valence electrons. The van der Waals surface area contributed by atoms with Gasteiger partial charge in [-0.25, -0.2) is 18.7 Å². The molecule has 8 nitrogen and oxygen atoms in total. The van der Waals surface area contributed by atoms with Crippen LogP contribution in [0.1, 0.15) is 57.4 Å². The number of halogens is 2. The molecule has 0 saturated heterocycles. The van der Waals surface area contributed by atoms with Crippen molar-refractivity contribution in [2.75, 3.05) is 17.2 Å². The van der Waals surface area contributed by atoms with Crippen LogP contribution in [0, 0.1) is 17.6 Å². The summed E-state index contributed by atoms with van der Waals surface area (Å²) in [6, 6.07) is 4.04. The van der Waals surface area contributed by atoms with Crippen molar-refractivity contribution < 1.29 is 13.9 Å². The molecule has 0 aliphatic heterocycles. The average Bonchev–Trinajstić information content (AvgIpc) is 3.20.